The van der Waals surface area contributed by atoms with E-state index in [9.17, 15) is 0 Å². The minimum Gasteiger partial charge on any atom is -0.338 e. The molecule has 3 rings (SSSR count). The number of nitrogens with zero attached hydrogens (tertiary/aromatic N) is 5. The predicted molar refractivity (Wildman–Crippen MR) is 113 cm³/mol. The monoisotopic (exact) mass is 437 g/mol. The topological polar surface area (TPSA) is 69.6 Å². The van der Waals surface area contributed by atoms with Crippen LogP contribution in [-0.4, -0.2) is 24.9 Å². The largest absolute Gasteiger partial charge is 0.338 e. The molecule has 9 heteroatoms. The van der Waals surface area contributed by atoms with Gasteiger partial charge in [-0.25, -0.2) is 0 Å². The maximum atomic E-state index is 6.36. The highest BCUT2D eigenvalue weighted by molar-refractivity contribution is 7.99. The van der Waals surface area contributed by atoms with Crippen molar-refractivity contribution >= 4 is 35.0 Å². The molecule has 1 atom stereocenters. The van der Waals surface area contributed by atoms with Gasteiger partial charge in [-0.3, -0.25) is 4.57 Å². The summed E-state index contributed by atoms with van der Waals surface area (Å²) in [7, 11) is 0. The maximum Gasteiger partial charge on any atom is 0.239 e. The number of allylic oxidation sites excluding steroid dienone is 1. The number of benzene rings is 1. The third kappa shape index (κ3) is 4.42. The average Bonchev–Trinajstić information content (AvgIpc) is 3.24. The molecule has 1 aromatic carbocycles. The van der Waals surface area contributed by atoms with Crippen LogP contribution in [0.5, 0.6) is 0 Å². The summed E-state index contributed by atoms with van der Waals surface area (Å²) < 4.78 is 7.40. The molecular weight excluding hydrogens is 417 g/mol. The second-order valence-electron chi connectivity index (χ2n) is 7.30. The van der Waals surface area contributed by atoms with E-state index in [-0.39, 0.29) is 10.7 Å². The van der Waals surface area contributed by atoms with Gasteiger partial charge in [0.05, 0.1) is 10.3 Å². The number of thioether (sulfide) groups is 1. The summed E-state index contributed by atoms with van der Waals surface area (Å²) in [6.07, 6.45) is 1.79. The van der Waals surface area contributed by atoms with Gasteiger partial charge in [0, 0.05) is 22.5 Å². The number of halogens is 2. The molecule has 3 aromatic rings. The van der Waals surface area contributed by atoms with E-state index in [1.165, 1.54) is 11.8 Å². The van der Waals surface area contributed by atoms with E-state index in [2.05, 4.69) is 26.9 Å². The molecule has 0 radical (unpaired) electrons. The molecule has 0 fully saturated rings. The van der Waals surface area contributed by atoms with Gasteiger partial charge < -0.3 is 4.52 Å². The van der Waals surface area contributed by atoms with Gasteiger partial charge in [-0.1, -0.05) is 67.0 Å². The van der Waals surface area contributed by atoms with Gasteiger partial charge in [0.1, 0.15) is 0 Å². The Balaban J connectivity index is 1.91. The lowest BCUT2D eigenvalue weighted by Gasteiger charge is -2.12. The van der Waals surface area contributed by atoms with Crippen LogP contribution in [0.4, 0.5) is 0 Å². The van der Waals surface area contributed by atoms with Crippen LogP contribution in [-0.2, 0) is 12.0 Å². The molecule has 0 aliphatic rings. The molecule has 148 valence electrons. The summed E-state index contributed by atoms with van der Waals surface area (Å²) >= 11 is 13.9. The number of hydrogen-bond acceptors (Lipinski definition) is 6. The second-order valence-corrected chi connectivity index (χ2v) is 9.45. The Bertz CT molecular complexity index is 993. The van der Waals surface area contributed by atoms with E-state index in [1.807, 2.05) is 38.3 Å². The number of rotatable bonds is 6. The predicted octanol–water partition coefficient (Wildman–Crippen LogP) is 5.97. The molecule has 0 bridgehead atoms. The number of aromatic nitrogens is 5. The SMILES string of the molecule is C=CCn1c(S[C@H](C)c2nc(C(C)(C)C)no2)nnc1-c1ccc(Cl)cc1Cl. The van der Waals surface area contributed by atoms with E-state index >= 15 is 0 Å². The van der Waals surface area contributed by atoms with E-state index in [0.717, 1.165) is 5.56 Å². The normalized spacial score (nSPS) is 12.9. The van der Waals surface area contributed by atoms with Gasteiger partial charge in [-0.05, 0) is 25.1 Å². The fourth-order valence-electron chi connectivity index (χ4n) is 2.45. The Morgan fingerprint density at radius 3 is 2.64 bits per heavy atom. The highest BCUT2D eigenvalue weighted by atomic mass is 35.5. The molecule has 0 unspecified atom stereocenters. The van der Waals surface area contributed by atoms with E-state index in [0.29, 0.717) is 39.3 Å². The van der Waals surface area contributed by atoms with Crippen molar-refractivity contribution in [3.8, 4) is 11.4 Å². The minimum atomic E-state index is -0.173. The first-order chi connectivity index (χ1) is 13.2. The van der Waals surface area contributed by atoms with Crippen molar-refractivity contribution in [2.75, 3.05) is 0 Å². The van der Waals surface area contributed by atoms with Crippen molar-refractivity contribution in [2.45, 2.75) is 50.1 Å². The van der Waals surface area contributed by atoms with E-state index in [1.54, 1.807) is 18.2 Å². The average molecular weight is 438 g/mol. The van der Waals surface area contributed by atoms with Gasteiger partial charge in [-0.15, -0.1) is 16.8 Å². The van der Waals surface area contributed by atoms with Crippen molar-refractivity contribution in [2.24, 2.45) is 0 Å². The highest BCUT2D eigenvalue weighted by Crippen LogP contribution is 2.37. The fraction of sp³-hybridized carbons (Fsp3) is 0.368. The van der Waals surface area contributed by atoms with Crippen LogP contribution in [0.15, 0.2) is 40.5 Å². The first kappa shape index (κ1) is 20.9. The van der Waals surface area contributed by atoms with Crippen LogP contribution in [0.25, 0.3) is 11.4 Å². The Morgan fingerprint density at radius 2 is 2.04 bits per heavy atom. The number of hydrogen-bond donors (Lipinski definition) is 0. The van der Waals surface area contributed by atoms with Crippen LogP contribution < -0.4 is 0 Å². The first-order valence-corrected chi connectivity index (χ1v) is 10.3. The lowest BCUT2D eigenvalue weighted by Crippen LogP contribution is -2.13. The second kappa shape index (κ2) is 8.27. The quantitative estimate of drug-likeness (QED) is 0.349. The molecule has 0 saturated carbocycles. The van der Waals surface area contributed by atoms with Gasteiger partial charge in [0.25, 0.3) is 0 Å². The van der Waals surface area contributed by atoms with Crippen molar-refractivity contribution in [1.29, 1.82) is 0 Å². The van der Waals surface area contributed by atoms with E-state index in [4.69, 9.17) is 27.7 Å². The van der Waals surface area contributed by atoms with Crippen molar-refractivity contribution in [3.05, 3.63) is 52.6 Å². The van der Waals surface area contributed by atoms with Crippen LogP contribution in [0, 0.1) is 0 Å². The van der Waals surface area contributed by atoms with E-state index < -0.39 is 0 Å². The third-order valence-corrected chi connectivity index (χ3v) is 5.56. The summed E-state index contributed by atoms with van der Waals surface area (Å²) in [5.41, 5.74) is 0.584. The van der Waals surface area contributed by atoms with Crippen LogP contribution >= 0.6 is 35.0 Å². The highest BCUT2D eigenvalue weighted by Gasteiger charge is 2.25. The van der Waals surface area contributed by atoms with Crippen LogP contribution in [0.1, 0.15) is 44.7 Å². The van der Waals surface area contributed by atoms with Crippen LogP contribution in [0.2, 0.25) is 10.0 Å². The Kier molecular flexibility index (Phi) is 6.17. The Labute approximate surface area is 178 Å². The van der Waals surface area contributed by atoms with Crippen molar-refractivity contribution in [3.63, 3.8) is 0 Å². The fourth-order valence-corrected chi connectivity index (χ4v) is 3.84. The smallest absolute Gasteiger partial charge is 0.239 e. The molecule has 0 spiro atoms. The van der Waals surface area contributed by atoms with Crippen LogP contribution in [0.3, 0.4) is 0 Å². The summed E-state index contributed by atoms with van der Waals surface area (Å²) in [4.78, 5) is 4.53. The lowest BCUT2D eigenvalue weighted by molar-refractivity contribution is 0.364. The van der Waals surface area contributed by atoms with Gasteiger partial charge in [0.2, 0.25) is 5.89 Å². The minimum absolute atomic E-state index is 0.0927. The molecule has 0 aliphatic heterocycles. The molecule has 0 amide bonds. The molecular formula is C19H21Cl2N5OS. The Morgan fingerprint density at radius 1 is 1.29 bits per heavy atom. The third-order valence-electron chi connectivity index (χ3n) is 3.94. The molecule has 6 nitrogen and oxygen atoms in total. The first-order valence-electron chi connectivity index (χ1n) is 8.71. The zero-order chi connectivity index (χ0) is 20.5. The maximum absolute atomic E-state index is 6.36. The molecule has 2 aromatic heterocycles. The summed E-state index contributed by atoms with van der Waals surface area (Å²) in [6.45, 7) is 12.5. The molecule has 2 heterocycles. The van der Waals surface area contributed by atoms with Gasteiger partial charge in [0.15, 0.2) is 16.8 Å². The lowest BCUT2D eigenvalue weighted by atomic mass is 9.96. The zero-order valence-electron chi connectivity index (χ0n) is 16.1. The van der Waals surface area contributed by atoms with Crippen molar-refractivity contribution in [1.82, 2.24) is 24.9 Å². The Hall–Kier alpha value is -1.83. The summed E-state index contributed by atoms with van der Waals surface area (Å²) in [6, 6.07) is 5.30. The van der Waals surface area contributed by atoms with Gasteiger partial charge >= 0.3 is 0 Å². The molecule has 0 saturated heterocycles. The molecule has 28 heavy (non-hydrogen) atoms. The van der Waals surface area contributed by atoms with Gasteiger partial charge in [-0.2, -0.15) is 4.98 Å². The van der Waals surface area contributed by atoms with Crippen molar-refractivity contribution < 1.29 is 4.52 Å². The molecule has 0 N–H and O–H groups in total. The standard InChI is InChI=1S/C19H21Cl2N5OS/c1-6-9-26-15(13-8-7-12(20)10-14(13)21)23-24-18(26)28-11(2)16-22-17(25-27-16)19(3,4)5/h6-8,10-11H,1,9H2,2-5H3/t11-/m1/s1. The zero-order valence-corrected chi connectivity index (χ0v) is 18.4. The molecule has 0 aliphatic carbocycles. The summed E-state index contributed by atoms with van der Waals surface area (Å²) in [5, 5.41) is 14.5. The summed E-state index contributed by atoms with van der Waals surface area (Å²) in [5.74, 6) is 1.88.